The Labute approximate surface area is 113 Å². The van der Waals surface area contributed by atoms with Crippen LogP contribution in [0.3, 0.4) is 0 Å². The molecule has 2 heterocycles. The lowest BCUT2D eigenvalue weighted by Gasteiger charge is -2.34. The van der Waals surface area contributed by atoms with E-state index < -0.39 is 11.0 Å². The Morgan fingerprint density at radius 1 is 1.63 bits per heavy atom. The number of nitrogens with one attached hydrogen (secondary N) is 1. The third-order valence-electron chi connectivity index (χ3n) is 2.96. The van der Waals surface area contributed by atoms with Crippen molar-refractivity contribution in [3.05, 3.63) is 27.1 Å². The summed E-state index contributed by atoms with van der Waals surface area (Å²) >= 11 is 0.834. The zero-order chi connectivity index (χ0) is 14.0. The van der Waals surface area contributed by atoms with Crippen LogP contribution in [0.2, 0.25) is 0 Å². The number of nitro groups is 1. The first-order valence-corrected chi connectivity index (χ1v) is 6.69. The molecule has 0 aliphatic carbocycles. The Morgan fingerprint density at radius 2 is 2.37 bits per heavy atom. The molecule has 7 nitrogen and oxygen atoms in total. The smallest absolute Gasteiger partial charge is 0.324 e. The number of amides is 2. The molecule has 1 aliphatic rings. The highest BCUT2D eigenvalue weighted by atomic mass is 32.1. The van der Waals surface area contributed by atoms with E-state index in [0.29, 0.717) is 24.4 Å². The van der Waals surface area contributed by atoms with E-state index in [1.165, 1.54) is 17.0 Å². The Bertz CT molecular complexity index is 528. The average molecular weight is 283 g/mol. The van der Waals surface area contributed by atoms with Crippen LogP contribution in [-0.2, 0) is 4.79 Å². The van der Waals surface area contributed by atoms with Gasteiger partial charge in [0.2, 0.25) is 5.91 Å². The van der Waals surface area contributed by atoms with Crippen molar-refractivity contribution in [3.63, 3.8) is 0 Å². The Kier molecular flexibility index (Phi) is 3.79. The second-order valence-electron chi connectivity index (χ2n) is 4.11. The predicted molar refractivity (Wildman–Crippen MR) is 69.1 cm³/mol. The third kappa shape index (κ3) is 2.58. The van der Waals surface area contributed by atoms with Crippen LogP contribution < -0.4 is 5.32 Å². The Morgan fingerprint density at radius 3 is 2.95 bits per heavy atom. The first-order valence-electron chi connectivity index (χ1n) is 5.87. The zero-order valence-corrected chi connectivity index (χ0v) is 11.1. The molecule has 0 saturated carbocycles. The number of carbonyl (C=O) groups excluding carboxylic acids is 2. The minimum absolute atomic E-state index is 0.0714. The van der Waals surface area contributed by atoms with Gasteiger partial charge in [0.15, 0.2) is 0 Å². The van der Waals surface area contributed by atoms with Crippen LogP contribution in [0, 0.1) is 10.1 Å². The summed E-state index contributed by atoms with van der Waals surface area (Å²) in [6.07, 6.45) is 0.519. The van der Waals surface area contributed by atoms with Crippen molar-refractivity contribution in [2.45, 2.75) is 19.4 Å². The van der Waals surface area contributed by atoms with Crippen molar-refractivity contribution in [3.8, 4) is 0 Å². The first-order chi connectivity index (χ1) is 9.04. The van der Waals surface area contributed by atoms with Gasteiger partial charge in [0.05, 0.1) is 9.80 Å². The van der Waals surface area contributed by atoms with Crippen LogP contribution in [0.25, 0.3) is 0 Å². The van der Waals surface area contributed by atoms with Crippen LogP contribution in [0.4, 0.5) is 5.00 Å². The van der Waals surface area contributed by atoms with Gasteiger partial charge < -0.3 is 10.2 Å². The molecule has 1 aliphatic heterocycles. The molecule has 19 heavy (non-hydrogen) atoms. The normalized spacial score (nSPS) is 19.1. The van der Waals surface area contributed by atoms with E-state index in [1.807, 2.05) is 6.92 Å². The van der Waals surface area contributed by atoms with Crippen molar-refractivity contribution in [1.82, 2.24) is 10.2 Å². The molecular weight excluding hydrogens is 270 g/mol. The molecule has 2 amide bonds. The molecule has 1 aromatic rings. The minimum atomic E-state index is -0.526. The zero-order valence-electron chi connectivity index (χ0n) is 10.3. The van der Waals surface area contributed by atoms with Crippen molar-refractivity contribution in [1.29, 1.82) is 0 Å². The number of thiophene rings is 1. The summed E-state index contributed by atoms with van der Waals surface area (Å²) in [6, 6.07) is 2.25. The summed E-state index contributed by atoms with van der Waals surface area (Å²) < 4.78 is 0. The van der Waals surface area contributed by atoms with E-state index in [1.54, 1.807) is 0 Å². The van der Waals surface area contributed by atoms with E-state index in [2.05, 4.69) is 5.32 Å². The van der Waals surface area contributed by atoms with Crippen molar-refractivity contribution >= 4 is 28.2 Å². The van der Waals surface area contributed by atoms with Crippen molar-refractivity contribution in [2.24, 2.45) is 0 Å². The molecule has 1 N–H and O–H groups in total. The van der Waals surface area contributed by atoms with Gasteiger partial charge in [0, 0.05) is 19.2 Å². The molecule has 1 unspecified atom stereocenters. The minimum Gasteiger partial charge on any atom is -0.353 e. The SMILES string of the molecule is CCC1C(=O)NCCN1C(=O)c1ccc([N+](=O)[O-])s1. The largest absolute Gasteiger partial charge is 0.353 e. The summed E-state index contributed by atoms with van der Waals surface area (Å²) in [4.78, 5) is 35.8. The summed E-state index contributed by atoms with van der Waals surface area (Å²) in [5.41, 5.74) is 0. The number of nitrogens with zero attached hydrogens (tertiary/aromatic N) is 2. The molecule has 1 fully saturated rings. The van der Waals surface area contributed by atoms with Crippen molar-refractivity contribution < 1.29 is 14.5 Å². The molecule has 8 heteroatoms. The van der Waals surface area contributed by atoms with Gasteiger partial charge in [-0.3, -0.25) is 19.7 Å². The fraction of sp³-hybridized carbons (Fsp3) is 0.455. The molecular formula is C11H13N3O4S. The predicted octanol–water partition coefficient (Wildman–Crippen LogP) is 1.01. The molecule has 2 rings (SSSR count). The molecule has 0 bridgehead atoms. The average Bonchev–Trinajstić information content (AvgIpc) is 2.87. The van der Waals surface area contributed by atoms with Gasteiger partial charge in [0.1, 0.15) is 6.04 Å². The van der Waals surface area contributed by atoms with E-state index >= 15 is 0 Å². The van der Waals surface area contributed by atoms with Crippen LogP contribution >= 0.6 is 11.3 Å². The van der Waals surface area contributed by atoms with Crippen LogP contribution in [0.5, 0.6) is 0 Å². The van der Waals surface area contributed by atoms with E-state index in [0.717, 1.165) is 11.3 Å². The molecule has 0 aromatic carbocycles. The maximum absolute atomic E-state index is 12.3. The highest BCUT2D eigenvalue weighted by Crippen LogP contribution is 2.26. The molecule has 0 radical (unpaired) electrons. The summed E-state index contributed by atoms with van der Waals surface area (Å²) in [5.74, 6) is -0.493. The van der Waals surface area contributed by atoms with E-state index in [4.69, 9.17) is 0 Å². The van der Waals surface area contributed by atoms with Gasteiger partial charge >= 0.3 is 5.00 Å². The maximum Gasteiger partial charge on any atom is 0.324 e. The Balaban J connectivity index is 2.21. The van der Waals surface area contributed by atoms with E-state index in [9.17, 15) is 19.7 Å². The lowest BCUT2D eigenvalue weighted by molar-refractivity contribution is -0.380. The van der Waals surface area contributed by atoms with Crippen LogP contribution in [0.15, 0.2) is 12.1 Å². The van der Waals surface area contributed by atoms with Gasteiger partial charge in [-0.1, -0.05) is 18.3 Å². The topological polar surface area (TPSA) is 92.6 Å². The lowest BCUT2D eigenvalue weighted by Crippen LogP contribution is -2.56. The second kappa shape index (κ2) is 5.35. The number of piperazine rings is 1. The van der Waals surface area contributed by atoms with Crippen LogP contribution in [-0.4, -0.2) is 40.8 Å². The fourth-order valence-electron chi connectivity index (χ4n) is 2.05. The second-order valence-corrected chi connectivity index (χ2v) is 5.17. The molecule has 1 aromatic heterocycles. The van der Waals surface area contributed by atoms with Crippen LogP contribution in [0.1, 0.15) is 23.0 Å². The van der Waals surface area contributed by atoms with Gasteiger partial charge in [-0.25, -0.2) is 0 Å². The number of hydrogen-bond donors (Lipinski definition) is 1. The number of carbonyl (C=O) groups is 2. The fourth-order valence-corrected chi connectivity index (χ4v) is 2.82. The van der Waals surface area contributed by atoms with Gasteiger partial charge in [0.25, 0.3) is 5.91 Å². The Hall–Kier alpha value is -1.96. The standard InChI is InChI=1S/C11H13N3O4S/c1-2-7-10(15)12-5-6-13(7)11(16)8-3-4-9(19-8)14(17)18/h3-4,7H,2,5-6H2,1H3,(H,12,15). The maximum atomic E-state index is 12.3. The molecule has 1 saturated heterocycles. The monoisotopic (exact) mass is 283 g/mol. The van der Waals surface area contributed by atoms with Gasteiger partial charge in [-0.15, -0.1) is 0 Å². The summed E-state index contributed by atoms with van der Waals surface area (Å²) in [5, 5.41) is 13.2. The summed E-state index contributed by atoms with van der Waals surface area (Å²) in [6.45, 7) is 2.66. The molecule has 1 atom stereocenters. The summed E-state index contributed by atoms with van der Waals surface area (Å²) in [7, 11) is 0. The van der Waals surface area contributed by atoms with E-state index in [-0.39, 0.29) is 16.8 Å². The first kappa shape index (κ1) is 13.5. The number of hydrogen-bond acceptors (Lipinski definition) is 5. The lowest BCUT2D eigenvalue weighted by atomic mass is 10.1. The molecule has 0 spiro atoms. The number of rotatable bonds is 3. The van der Waals surface area contributed by atoms with Gasteiger partial charge in [-0.05, 0) is 12.5 Å². The quantitative estimate of drug-likeness (QED) is 0.661. The third-order valence-corrected chi connectivity index (χ3v) is 3.99. The van der Waals surface area contributed by atoms with Crippen molar-refractivity contribution in [2.75, 3.05) is 13.1 Å². The van der Waals surface area contributed by atoms with Gasteiger partial charge in [-0.2, -0.15) is 0 Å². The highest BCUT2D eigenvalue weighted by molar-refractivity contribution is 7.17. The molecule has 102 valence electrons. The highest BCUT2D eigenvalue weighted by Gasteiger charge is 2.33.